The first-order chi connectivity index (χ1) is 14.4. The second-order valence-corrected chi connectivity index (χ2v) is 7.02. The summed E-state index contributed by atoms with van der Waals surface area (Å²) in [7, 11) is 0. The molecule has 1 aliphatic heterocycles. The Morgan fingerprint density at radius 3 is 2.30 bits per heavy atom. The molecule has 0 aromatic heterocycles. The van der Waals surface area contributed by atoms with Gasteiger partial charge in [0.15, 0.2) is 17.5 Å². The zero-order chi connectivity index (χ0) is 21.7. The van der Waals surface area contributed by atoms with Crippen molar-refractivity contribution in [3.63, 3.8) is 0 Å². The highest BCUT2D eigenvalue weighted by atomic mass is 19.2. The van der Waals surface area contributed by atoms with E-state index in [9.17, 15) is 22.8 Å². The first-order valence-electron chi connectivity index (χ1n) is 9.62. The maximum Gasteiger partial charge on any atom is 0.243 e. The summed E-state index contributed by atoms with van der Waals surface area (Å²) in [6.45, 7) is 4.27. The minimum absolute atomic E-state index is 0.343. The van der Waals surface area contributed by atoms with Gasteiger partial charge in [0.25, 0.3) is 0 Å². The van der Waals surface area contributed by atoms with E-state index in [4.69, 9.17) is 0 Å². The molecule has 2 amide bonds. The van der Waals surface area contributed by atoms with E-state index in [0.717, 1.165) is 24.8 Å². The van der Waals surface area contributed by atoms with E-state index >= 15 is 0 Å². The van der Waals surface area contributed by atoms with Gasteiger partial charge in [-0.1, -0.05) is 18.2 Å². The average molecular weight is 420 g/mol. The Balaban J connectivity index is 1.46. The summed E-state index contributed by atoms with van der Waals surface area (Å²) in [6.07, 6.45) is 0. The third-order valence-corrected chi connectivity index (χ3v) is 5.10. The summed E-state index contributed by atoms with van der Waals surface area (Å²) in [5.74, 6) is -5.59. The van der Waals surface area contributed by atoms with Gasteiger partial charge in [0.2, 0.25) is 11.8 Å². The van der Waals surface area contributed by atoms with Crippen molar-refractivity contribution in [1.29, 1.82) is 0 Å². The van der Waals surface area contributed by atoms with Gasteiger partial charge in [-0.05, 0) is 31.2 Å². The van der Waals surface area contributed by atoms with Gasteiger partial charge >= 0.3 is 0 Å². The minimum Gasteiger partial charge on any atom is -0.369 e. The molecule has 1 atom stereocenters. The molecule has 9 heteroatoms. The molecular formula is C21H23F3N4O2. The molecule has 1 aliphatic rings. The summed E-state index contributed by atoms with van der Waals surface area (Å²) in [5.41, 5.74) is 0.647. The van der Waals surface area contributed by atoms with E-state index in [1.807, 2.05) is 35.2 Å². The lowest BCUT2D eigenvalue weighted by Crippen LogP contribution is -2.54. The van der Waals surface area contributed by atoms with Crippen LogP contribution in [0.25, 0.3) is 0 Å². The standard InChI is InChI=1S/C21H23F3N4O2/c1-14(27-9-11-28(12-10-27)15-5-3-2-4-6-15)21(30)25-13-18(29)26-17-8-7-16(22)19(23)20(17)24/h2-8,14H,9-13H2,1H3,(H,25,30)(H,26,29). The SMILES string of the molecule is CC(C(=O)NCC(=O)Nc1ccc(F)c(F)c1F)N1CCN(c2ccccc2)CC1. The topological polar surface area (TPSA) is 64.7 Å². The molecule has 0 aliphatic carbocycles. The molecule has 6 nitrogen and oxygen atoms in total. The lowest BCUT2D eigenvalue weighted by Gasteiger charge is -2.38. The van der Waals surface area contributed by atoms with Crippen molar-refractivity contribution >= 4 is 23.2 Å². The number of rotatable bonds is 6. The number of carbonyl (C=O) groups excluding carboxylic acids is 2. The van der Waals surface area contributed by atoms with Crippen LogP contribution in [0.3, 0.4) is 0 Å². The molecule has 2 aromatic rings. The summed E-state index contributed by atoms with van der Waals surface area (Å²) in [4.78, 5) is 28.6. The zero-order valence-corrected chi connectivity index (χ0v) is 16.5. The lowest BCUT2D eigenvalue weighted by atomic mass is 10.2. The third-order valence-electron chi connectivity index (χ3n) is 5.10. The predicted molar refractivity (Wildman–Crippen MR) is 108 cm³/mol. The molecule has 160 valence electrons. The largest absolute Gasteiger partial charge is 0.369 e. The number of benzene rings is 2. The van der Waals surface area contributed by atoms with Crippen LogP contribution in [-0.2, 0) is 9.59 Å². The Kier molecular flexibility index (Phi) is 6.94. The number of halogens is 3. The molecule has 1 fully saturated rings. The number of anilines is 2. The molecule has 1 heterocycles. The molecule has 2 aromatic carbocycles. The van der Waals surface area contributed by atoms with Gasteiger partial charge in [0.1, 0.15) is 0 Å². The summed E-state index contributed by atoms with van der Waals surface area (Å²) in [6, 6.07) is 11.2. The van der Waals surface area contributed by atoms with Crippen LogP contribution in [0.5, 0.6) is 0 Å². The molecular weight excluding hydrogens is 397 g/mol. The van der Waals surface area contributed by atoms with Gasteiger partial charge in [-0.25, -0.2) is 13.2 Å². The molecule has 0 saturated carbocycles. The number of hydrogen-bond donors (Lipinski definition) is 2. The predicted octanol–water partition coefficient (Wildman–Crippen LogP) is 2.37. The van der Waals surface area contributed by atoms with E-state index in [-0.39, 0.29) is 5.91 Å². The molecule has 0 spiro atoms. The van der Waals surface area contributed by atoms with Crippen LogP contribution in [0.4, 0.5) is 24.5 Å². The molecule has 30 heavy (non-hydrogen) atoms. The van der Waals surface area contributed by atoms with Crippen LogP contribution < -0.4 is 15.5 Å². The highest BCUT2D eigenvalue weighted by Gasteiger charge is 2.26. The van der Waals surface area contributed by atoms with Crippen molar-refractivity contribution in [3.8, 4) is 0 Å². The maximum absolute atomic E-state index is 13.6. The number of nitrogens with zero attached hydrogens (tertiary/aromatic N) is 2. The fourth-order valence-electron chi connectivity index (χ4n) is 3.30. The van der Waals surface area contributed by atoms with Crippen molar-refractivity contribution in [2.24, 2.45) is 0 Å². The monoisotopic (exact) mass is 420 g/mol. The van der Waals surface area contributed by atoms with Crippen LogP contribution in [0, 0.1) is 17.5 Å². The van der Waals surface area contributed by atoms with E-state index in [2.05, 4.69) is 15.5 Å². The van der Waals surface area contributed by atoms with E-state index < -0.39 is 41.6 Å². The third kappa shape index (κ3) is 5.10. The molecule has 1 saturated heterocycles. The van der Waals surface area contributed by atoms with E-state index in [1.54, 1.807) is 6.92 Å². The van der Waals surface area contributed by atoms with Crippen molar-refractivity contribution in [2.75, 3.05) is 42.9 Å². The molecule has 1 unspecified atom stereocenters. The Labute approximate surface area is 172 Å². The Morgan fingerprint density at radius 1 is 0.967 bits per heavy atom. The van der Waals surface area contributed by atoms with Crippen molar-refractivity contribution < 1.29 is 22.8 Å². The first-order valence-corrected chi connectivity index (χ1v) is 9.62. The normalized spacial score (nSPS) is 15.5. The number of carbonyl (C=O) groups is 2. The van der Waals surface area contributed by atoms with Gasteiger partial charge < -0.3 is 15.5 Å². The summed E-state index contributed by atoms with van der Waals surface area (Å²) in [5, 5.41) is 4.61. The van der Waals surface area contributed by atoms with E-state index in [1.165, 1.54) is 0 Å². The van der Waals surface area contributed by atoms with Crippen LogP contribution in [0.1, 0.15) is 6.92 Å². The van der Waals surface area contributed by atoms with Crippen molar-refractivity contribution in [3.05, 3.63) is 59.9 Å². The summed E-state index contributed by atoms with van der Waals surface area (Å²) >= 11 is 0. The molecule has 0 radical (unpaired) electrons. The fraction of sp³-hybridized carbons (Fsp3) is 0.333. The quantitative estimate of drug-likeness (QED) is 0.705. The highest BCUT2D eigenvalue weighted by Crippen LogP contribution is 2.19. The zero-order valence-electron chi connectivity index (χ0n) is 16.5. The number of hydrogen-bond acceptors (Lipinski definition) is 4. The fourth-order valence-corrected chi connectivity index (χ4v) is 3.30. The average Bonchev–Trinajstić information content (AvgIpc) is 2.78. The number of piperazine rings is 1. The number of amides is 2. The first kappa shape index (κ1) is 21.6. The summed E-state index contributed by atoms with van der Waals surface area (Å²) < 4.78 is 39.8. The minimum atomic E-state index is -1.67. The van der Waals surface area contributed by atoms with E-state index in [0.29, 0.717) is 19.2 Å². The van der Waals surface area contributed by atoms with Gasteiger partial charge in [0, 0.05) is 31.9 Å². The smallest absolute Gasteiger partial charge is 0.243 e. The Hall–Kier alpha value is -3.07. The van der Waals surface area contributed by atoms with Gasteiger partial charge in [-0.15, -0.1) is 0 Å². The molecule has 2 N–H and O–H groups in total. The Bertz CT molecular complexity index is 903. The second kappa shape index (κ2) is 9.62. The Morgan fingerprint density at radius 2 is 1.63 bits per heavy atom. The van der Waals surface area contributed by atoms with Crippen LogP contribution in [0.2, 0.25) is 0 Å². The maximum atomic E-state index is 13.6. The van der Waals surface area contributed by atoms with Crippen molar-refractivity contribution in [1.82, 2.24) is 10.2 Å². The van der Waals surface area contributed by atoms with Crippen molar-refractivity contribution in [2.45, 2.75) is 13.0 Å². The van der Waals surface area contributed by atoms with Crippen LogP contribution in [0.15, 0.2) is 42.5 Å². The second-order valence-electron chi connectivity index (χ2n) is 7.02. The van der Waals surface area contributed by atoms with Gasteiger partial charge in [-0.3, -0.25) is 14.5 Å². The molecule has 0 bridgehead atoms. The molecule has 3 rings (SSSR count). The number of para-hydroxylation sites is 1. The van der Waals surface area contributed by atoms with Gasteiger partial charge in [0.05, 0.1) is 18.3 Å². The lowest BCUT2D eigenvalue weighted by molar-refractivity contribution is -0.128. The van der Waals surface area contributed by atoms with Crippen LogP contribution >= 0.6 is 0 Å². The van der Waals surface area contributed by atoms with Gasteiger partial charge in [-0.2, -0.15) is 0 Å². The highest BCUT2D eigenvalue weighted by molar-refractivity contribution is 5.95. The van der Waals surface area contributed by atoms with Crippen LogP contribution in [-0.4, -0.2) is 55.5 Å². The number of nitrogens with one attached hydrogen (secondary N) is 2.